The Morgan fingerprint density at radius 3 is 2.68 bits per heavy atom. The van der Waals surface area contributed by atoms with Gasteiger partial charge < -0.3 is 9.47 Å². The van der Waals surface area contributed by atoms with Crippen LogP contribution in [0.1, 0.15) is 13.8 Å². The van der Waals surface area contributed by atoms with Gasteiger partial charge in [0.25, 0.3) is 0 Å². The molecule has 0 radical (unpaired) electrons. The lowest BCUT2D eigenvalue weighted by Crippen LogP contribution is -2.34. The molecule has 0 atom stereocenters. The van der Waals surface area contributed by atoms with Crippen molar-refractivity contribution in [2.75, 3.05) is 26.5 Å². The number of hydrogen-bond acceptors (Lipinski definition) is 5. The van der Waals surface area contributed by atoms with Gasteiger partial charge in [0.15, 0.2) is 0 Å². The minimum Gasteiger partial charge on any atom is -0.463 e. The molecule has 0 spiro atoms. The molecule has 6 heteroatoms. The number of carbonyl (C=O) groups is 1. The Morgan fingerprint density at radius 1 is 1.42 bits per heavy atom. The van der Waals surface area contributed by atoms with Gasteiger partial charge in [-0.05, 0) is 19.9 Å². The molecule has 0 saturated heterocycles. The molecule has 1 aliphatic rings. The highest BCUT2D eigenvalue weighted by Crippen LogP contribution is 2.16. The topological polar surface area (TPSA) is 50.8 Å². The Balaban J connectivity index is 2.38. The molecule has 0 aromatic rings. The van der Waals surface area contributed by atoms with E-state index in [0.29, 0.717) is 25.5 Å². The third kappa shape index (κ3) is 5.34. The smallest absolute Gasteiger partial charge is 0.337 e. The highest BCUT2D eigenvalue weighted by atomic mass is 28.3. The highest BCUT2D eigenvalue weighted by molar-refractivity contribution is 6.76. The van der Waals surface area contributed by atoms with Crippen molar-refractivity contribution >= 4 is 14.0 Å². The van der Waals surface area contributed by atoms with E-state index < -0.39 is 8.07 Å². The second-order valence-corrected chi connectivity index (χ2v) is 11.5. The van der Waals surface area contributed by atoms with Gasteiger partial charge in [0.2, 0.25) is 0 Å². The van der Waals surface area contributed by atoms with Gasteiger partial charge in [-0.1, -0.05) is 19.6 Å². The summed E-state index contributed by atoms with van der Waals surface area (Å²) in [6.07, 6.45) is 0. The zero-order valence-electron chi connectivity index (χ0n) is 12.7. The van der Waals surface area contributed by atoms with E-state index in [1.54, 1.807) is 0 Å². The van der Waals surface area contributed by atoms with Crippen LogP contribution in [0.15, 0.2) is 11.3 Å². The largest absolute Gasteiger partial charge is 0.463 e. The number of rotatable bonds is 7. The molecule has 0 fully saturated rings. The fourth-order valence-corrected chi connectivity index (χ4v) is 2.46. The summed E-state index contributed by atoms with van der Waals surface area (Å²) >= 11 is 0. The molecule has 1 N–H and O–H groups in total. The van der Waals surface area contributed by atoms with Crippen molar-refractivity contribution in [2.45, 2.75) is 39.5 Å². The van der Waals surface area contributed by atoms with Crippen LogP contribution in [0.3, 0.4) is 0 Å². The van der Waals surface area contributed by atoms with Crippen molar-refractivity contribution in [1.29, 1.82) is 0 Å². The number of ether oxygens (including phenoxy) is 2. The number of hydrazine groups is 1. The molecule has 0 bridgehead atoms. The van der Waals surface area contributed by atoms with Crippen LogP contribution in [0.5, 0.6) is 0 Å². The van der Waals surface area contributed by atoms with Gasteiger partial charge in [0.05, 0.1) is 12.2 Å². The number of nitrogens with one attached hydrogen (secondary N) is 1. The lowest BCUT2D eigenvalue weighted by atomic mass is 10.2. The SMILES string of the molecule is CCOC(=O)C1=C(C)N(COCC[Si](C)(C)C)NC1. The number of nitrogens with zero attached hydrogens (tertiary/aromatic N) is 1. The van der Waals surface area contributed by atoms with Crippen molar-refractivity contribution in [3.8, 4) is 0 Å². The highest BCUT2D eigenvalue weighted by Gasteiger charge is 2.24. The van der Waals surface area contributed by atoms with Crippen molar-refractivity contribution in [3.63, 3.8) is 0 Å². The van der Waals surface area contributed by atoms with Crippen LogP contribution < -0.4 is 5.43 Å². The minimum absolute atomic E-state index is 0.239. The molecule has 1 heterocycles. The summed E-state index contributed by atoms with van der Waals surface area (Å²) < 4.78 is 10.7. The Bertz CT molecular complexity index is 350. The molecule has 0 aromatic heterocycles. The van der Waals surface area contributed by atoms with E-state index in [0.717, 1.165) is 18.3 Å². The fourth-order valence-electron chi connectivity index (χ4n) is 1.70. The molecule has 1 rings (SSSR count). The van der Waals surface area contributed by atoms with Crippen molar-refractivity contribution in [3.05, 3.63) is 11.3 Å². The quantitative estimate of drug-likeness (QED) is 0.440. The molecule has 0 amide bonds. The summed E-state index contributed by atoms with van der Waals surface area (Å²) in [5.41, 5.74) is 4.72. The molecule has 1 aliphatic heterocycles. The molecular weight excluding hydrogens is 260 g/mol. The first-order chi connectivity index (χ1) is 8.85. The van der Waals surface area contributed by atoms with Gasteiger partial charge >= 0.3 is 5.97 Å². The lowest BCUT2D eigenvalue weighted by molar-refractivity contribution is -0.138. The van der Waals surface area contributed by atoms with Crippen LogP contribution >= 0.6 is 0 Å². The molecule has 0 unspecified atom stereocenters. The van der Waals surface area contributed by atoms with Crippen molar-refractivity contribution in [1.82, 2.24) is 10.4 Å². The number of esters is 1. The van der Waals surface area contributed by atoms with Gasteiger partial charge in [-0.2, -0.15) is 0 Å². The minimum atomic E-state index is -1.04. The zero-order chi connectivity index (χ0) is 14.5. The summed E-state index contributed by atoms with van der Waals surface area (Å²) in [6, 6.07) is 1.15. The molecule has 0 saturated carbocycles. The molecular formula is C13H26N2O3Si. The van der Waals surface area contributed by atoms with Crippen LogP contribution in [0, 0.1) is 0 Å². The van der Waals surface area contributed by atoms with E-state index >= 15 is 0 Å². The molecule has 19 heavy (non-hydrogen) atoms. The average molecular weight is 286 g/mol. The molecule has 5 nitrogen and oxygen atoms in total. The first-order valence-corrected chi connectivity index (χ1v) is 10.5. The van der Waals surface area contributed by atoms with E-state index in [1.807, 2.05) is 18.9 Å². The Kier molecular flexibility index (Phi) is 6.03. The lowest BCUT2D eigenvalue weighted by Gasteiger charge is -2.21. The van der Waals surface area contributed by atoms with E-state index in [1.165, 1.54) is 0 Å². The van der Waals surface area contributed by atoms with Crippen LogP contribution in [-0.4, -0.2) is 45.5 Å². The number of hydrogen-bond donors (Lipinski definition) is 1. The van der Waals surface area contributed by atoms with Gasteiger partial charge in [-0.15, -0.1) is 0 Å². The Hall–Kier alpha value is -0.853. The van der Waals surface area contributed by atoms with E-state index in [9.17, 15) is 4.79 Å². The predicted octanol–water partition coefficient (Wildman–Crippen LogP) is 1.96. The molecule has 110 valence electrons. The predicted molar refractivity (Wildman–Crippen MR) is 78.1 cm³/mol. The number of carbonyl (C=O) groups excluding carboxylic acids is 1. The zero-order valence-corrected chi connectivity index (χ0v) is 13.7. The second kappa shape index (κ2) is 7.07. The normalized spacial score (nSPS) is 16.2. The van der Waals surface area contributed by atoms with E-state index in [4.69, 9.17) is 9.47 Å². The summed E-state index contributed by atoms with van der Waals surface area (Å²) in [4.78, 5) is 11.7. The molecule has 0 aromatic carbocycles. The Morgan fingerprint density at radius 2 is 2.11 bits per heavy atom. The van der Waals surface area contributed by atoms with Crippen molar-refractivity contribution in [2.24, 2.45) is 0 Å². The second-order valence-electron chi connectivity index (χ2n) is 5.90. The van der Waals surface area contributed by atoms with Crippen LogP contribution in [0.25, 0.3) is 0 Å². The standard InChI is InChI=1S/C13H26N2O3Si/c1-6-18-13(16)12-9-14-15(11(12)2)10-17-7-8-19(3,4)5/h14H,6-10H2,1-5H3. The Labute approximate surface area is 116 Å². The molecule has 0 aliphatic carbocycles. The maximum atomic E-state index is 11.7. The van der Waals surface area contributed by atoms with Crippen LogP contribution in [0.4, 0.5) is 0 Å². The third-order valence-corrected chi connectivity index (χ3v) is 4.73. The van der Waals surface area contributed by atoms with E-state index in [2.05, 4.69) is 25.1 Å². The fraction of sp³-hybridized carbons (Fsp3) is 0.769. The monoisotopic (exact) mass is 286 g/mol. The first-order valence-electron chi connectivity index (χ1n) is 6.81. The van der Waals surface area contributed by atoms with Crippen LogP contribution in [0.2, 0.25) is 25.7 Å². The summed E-state index contributed by atoms with van der Waals surface area (Å²) in [5.74, 6) is -0.239. The summed E-state index contributed by atoms with van der Waals surface area (Å²) in [6.45, 7) is 12.9. The summed E-state index contributed by atoms with van der Waals surface area (Å²) in [7, 11) is -1.04. The van der Waals surface area contributed by atoms with Gasteiger partial charge in [-0.3, -0.25) is 5.01 Å². The average Bonchev–Trinajstić information content (AvgIpc) is 2.65. The summed E-state index contributed by atoms with van der Waals surface area (Å²) in [5, 5.41) is 1.87. The maximum Gasteiger partial charge on any atom is 0.337 e. The van der Waals surface area contributed by atoms with Crippen LogP contribution in [-0.2, 0) is 14.3 Å². The van der Waals surface area contributed by atoms with E-state index in [-0.39, 0.29) is 5.97 Å². The van der Waals surface area contributed by atoms with Crippen molar-refractivity contribution < 1.29 is 14.3 Å². The maximum absolute atomic E-state index is 11.7. The number of allylic oxidation sites excluding steroid dienone is 1. The van der Waals surface area contributed by atoms with Gasteiger partial charge in [-0.25, -0.2) is 10.2 Å². The van der Waals surface area contributed by atoms with Gasteiger partial charge in [0.1, 0.15) is 6.73 Å². The third-order valence-electron chi connectivity index (χ3n) is 3.03. The first kappa shape index (κ1) is 16.2. The van der Waals surface area contributed by atoms with Gasteiger partial charge in [0, 0.05) is 26.9 Å².